The second kappa shape index (κ2) is 11.1. The van der Waals surface area contributed by atoms with Crippen LogP contribution >= 0.6 is 0 Å². The van der Waals surface area contributed by atoms with Crippen molar-refractivity contribution in [1.29, 1.82) is 0 Å². The Labute approximate surface area is 161 Å². The van der Waals surface area contributed by atoms with Crippen molar-refractivity contribution in [2.75, 3.05) is 26.2 Å². The van der Waals surface area contributed by atoms with Crippen molar-refractivity contribution in [3.63, 3.8) is 0 Å². The van der Waals surface area contributed by atoms with Gasteiger partial charge in [-0.3, -0.25) is 14.5 Å². The summed E-state index contributed by atoms with van der Waals surface area (Å²) in [4.78, 5) is 26.6. The van der Waals surface area contributed by atoms with Crippen molar-refractivity contribution in [1.82, 2.24) is 15.5 Å². The van der Waals surface area contributed by atoms with E-state index in [-0.39, 0.29) is 24.4 Å². The summed E-state index contributed by atoms with van der Waals surface area (Å²) >= 11 is 0. The van der Waals surface area contributed by atoms with E-state index in [0.717, 1.165) is 19.5 Å². The van der Waals surface area contributed by atoms with E-state index in [4.69, 9.17) is 0 Å². The number of hydrogen-bond acceptors (Lipinski definition) is 3. The van der Waals surface area contributed by atoms with Crippen LogP contribution in [0.15, 0.2) is 60.7 Å². The molecule has 0 unspecified atom stereocenters. The predicted molar refractivity (Wildman–Crippen MR) is 109 cm³/mol. The number of rotatable bonds is 10. The van der Waals surface area contributed by atoms with Crippen LogP contribution in [0.3, 0.4) is 0 Å². The molecule has 0 aromatic heterocycles. The molecule has 0 aliphatic carbocycles. The van der Waals surface area contributed by atoms with Gasteiger partial charge in [0.25, 0.3) is 5.91 Å². The van der Waals surface area contributed by atoms with Gasteiger partial charge in [0.05, 0.1) is 6.54 Å². The van der Waals surface area contributed by atoms with Gasteiger partial charge >= 0.3 is 0 Å². The summed E-state index contributed by atoms with van der Waals surface area (Å²) in [5.41, 5.74) is 1.80. The Morgan fingerprint density at radius 2 is 1.48 bits per heavy atom. The van der Waals surface area contributed by atoms with E-state index < -0.39 is 0 Å². The first-order valence-corrected chi connectivity index (χ1v) is 9.52. The van der Waals surface area contributed by atoms with Crippen LogP contribution < -0.4 is 10.6 Å². The van der Waals surface area contributed by atoms with Crippen molar-refractivity contribution in [2.24, 2.45) is 0 Å². The van der Waals surface area contributed by atoms with Crippen molar-refractivity contribution in [3.05, 3.63) is 71.8 Å². The number of nitrogens with zero attached hydrogens (tertiary/aromatic N) is 1. The van der Waals surface area contributed by atoms with E-state index >= 15 is 0 Å². The second-order valence-corrected chi connectivity index (χ2v) is 6.42. The first-order valence-electron chi connectivity index (χ1n) is 9.52. The largest absolute Gasteiger partial charge is 0.353 e. The number of nitrogens with one attached hydrogen (secondary N) is 2. The van der Waals surface area contributed by atoms with Gasteiger partial charge in [0.1, 0.15) is 0 Å². The average molecular weight is 367 g/mol. The number of carbonyl (C=O) groups is 2. The second-order valence-electron chi connectivity index (χ2n) is 6.42. The Hall–Kier alpha value is -2.66. The summed E-state index contributed by atoms with van der Waals surface area (Å²) in [5, 5.41) is 5.63. The van der Waals surface area contributed by atoms with Crippen molar-refractivity contribution >= 4 is 11.8 Å². The highest BCUT2D eigenvalue weighted by molar-refractivity contribution is 5.96. The highest BCUT2D eigenvalue weighted by atomic mass is 16.2. The molecule has 0 saturated heterocycles. The van der Waals surface area contributed by atoms with Crippen LogP contribution in [0.2, 0.25) is 0 Å². The molecule has 2 N–H and O–H groups in total. The highest BCUT2D eigenvalue weighted by Gasteiger charge is 2.17. The lowest BCUT2D eigenvalue weighted by Crippen LogP contribution is -2.47. The zero-order valence-electron chi connectivity index (χ0n) is 16.2. The third-order valence-corrected chi connectivity index (χ3v) is 4.62. The van der Waals surface area contributed by atoms with Gasteiger partial charge in [-0.25, -0.2) is 0 Å². The summed E-state index contributed by atoms with van der Waals surface area (Å²) < 4.78 is 0. The van der Waals surface area contributed by atoms with Crippen molar-refractivity contribution < 1.29 is 9.59 Å². The highest BCUT2D eigenvalue weighted by Crippen LogP contribution is 2.08. The molecule has 0 fully saturated rings. The lowest BCUT2D eigenvalue weighted by atomic mass is 10.0. The van der Waals surface area contributed by atoms with Gasteiger partial charge in [0.2, 0.25) is 5.91 Å². The smallest absolute Gasteiger partial charge is 0.251 e. The molecule has 0 spiro atoms. The van der Waals surface area contributed by atoms with E-state index in [2.05, 4.69) is 41.5 Å². The summed E-state index contributed by atoms with van der Waals surface area (Å²) in [6, 6.07) is 19.4. The molecule has 0 aliphatic rings. The number of amides is 2. The minimum Gasteiger partial charge on any atom is -0.353 e. The Kier molecular flexibility index (Phi) is 8.52. The molecule has 0 aliphatic heterocycles. The molecule has 2 rings (SSSR count). The fourth-order valence-corrected chi connectivity index (χ4v) is 3.10. The molecular formula is C22H29N3O2. The molecule has 2 amide bonds. The summed E-state index contributed by atoms with van der Waals surface area (Å²) in [6.07, 6.45) is 0.874. The Morgan fingerprint density at radius 3 is 2.07 bits per heavy atom. The molecule has 0 saturated carbocycles. The lowest BCUT2D eigenvalue weighted by molar-refractivity contribution is -0.120. The summed E-state index contributed by atoms with van der Waals surface area (Å²) in [7, 11) is 0. The maximum Gasteiger partial charge on any atom is 0.251 e. The number of carbonyl (C=O) groups excluding carboxylic acids is 2. The van der Waals surface area contributed by atoms with Crippen LogP contribution in [0.5, 0.6) is 0 Å². The van der Waals surface area contributed by atoms with E-state index in [0.29, 0.717) is 12.1 Å². The monoisotopic (exact) mass is 367 g/mol. The van der Waals surface area contributed by atoms with Gasteiger partial charge in [-0.1, -0.05) is 62.4 Å². The molecule has 1 atom stereocenters. The summed E-state index contributed by atoms with van der Waals surface area (Å²) in [6.45, 7) is 6.64. The van der Waals surface area contributed by atoms with Gasteiger partial charge < -0.3 is 10.6 Å². The van der Waals surface area contributed by atoms with Gasteiger partial charge in [-0.2, -0.15) is 0 Å². The Bertz CT molecular complexity index is 700. The van der Waals surface area contributed by atoms with Crippen LogP contribution in [0.25, 0.3) is 0 Å². The third-order valence-electron chi connectivity index (χ3n) is 4.62. The maximum absolute atomic E-state index is 12.2. The minimum atomic E-state index is -0.240. The average Bonchev–Trinajstić information content (AvgIpc) is 2.72. The first-order chi connectivity index (χ1) is 13.1. The van der Waals surface area contributed by atoms with Gasteiger partial charge in [-0.05, 0) is 37.2 Å². The normalized spacial score (nSPS) is 11.8. The first kappa shape index (κ1) is 20.6. The fraction of sp³-hybridized carbons (Fsp3) is 0.364. The third kappa shape index (κ3) is 6.87. The zero-order chi connectivity index (χ0) is 19.5. The predicted octanol–water partition coefficient (Wildman–Crippen LogP) is 2.49. The molecule has 27 heavy (non-hydrogen) atoms. The molecule has 0 radical (unpaired) electrons. The van der Waals surface area contributed by atoms with Crippen LogP contribution in [0.4, 0.5) is 0 Å². The Morgan fingerprint density at radius 1 is 0.889 bits per heavy atom. The number of likely N-dealkylation sites (N-methyl/N-ethyl adjacent to an activating group) is 1. The van der Waals surface area contributed by atoms with E-state index in [1.165, 1.54) is 5.56 Å². The molecule has 2 aromatic rings. The standard InChI is InChI=1S/C22H29N3O2/c1-3-25(4-2)20(15-18-11-7-5-8-12-18)16-23-21(26)17-24-22(27)19-13-9-6-10-14-19/h5-14,20H,3-4,15-17H2,1-2H3,(H,23,26)(H,24,27)/t20-/m0/s1. The molecule has 0 heterocycles. The number of hydrogen-bond donors (Lipinski definition) is 2. The van der Waals surface area contributed by atoms with Crippen LogP contribution in [0.1, 0.15) is 29.8 Å². The van der Waals surface area contributed by atoms with Gasteiger partial charge in [0.15, 0.2) is 0 Å². The van der Waals surface area contributed by atoms with Gasteiger partial charge in [0, 0.05) is 18.2 Å². The van der Waals surface area contributed by atoms with E-state index in [1.54, 1.807) is 24.3 Å². The Balaban J connectivity index is 1.85. The van der Waals surface area contributed by atoms with Crippen LogP contribution in [-0.2, 0) is 11.2 Å². The van der Waals surface area contributed by atoms with E-state index in [9.17, 15) is 9.59 Å². The molecular weight excluding hydrogens is 338 g/mol. The van der Waals surface area contributed by atoms with Crippen molar-refractivity contribution in [3.8, 4) is 0 Å². The van der Waals surface area contributed by atoms with Crippen LogP contribution in [0, 0.1) is 0 Å². The zero-order valence-corrected chi connectivity index (χ0v) is 16.2. The van der Waals surface area contributed by atoms with Crippen molar-refractivity contribution in [2.45, 2.75) is 26.3 Å². The minimum absolute atomic E-state index is 0.0238. The van der Waals surface area contributed by atoms with Gasteiger partial charge in [-0.15, -0.1) is 0 Å². The maximum atomic E-state index is 12.2. The SMILES string of the molecule is CCN(CC)[C@H](CNC(=O)CNC(=O)c1ccccc1)Cc1ccccc1. The molecule has 2 aromatic carbocycles. The summed E-state index contributed by atoms with van der Waals surface area (Å²) in [5.74, 6) is -0.417. The molecule has 5 heteroatoms. The topological polar surface area (TPSA) is 61.4 Å². The molecule has 144 valence electrons. The molecule has 0 bridgehead atoms. The quantitative estimate of drug-likeness (QED) is 0.678. The molecule has 5 nitrogen and oxygen atoms in total. The lowest BCUT2D eigenvalue weighted by Gasteiger charge is -2.30. The van der Waals surface area contributed by atoms with E-state index in [1.807, 2.05) is 24.3 Å². The van der Waals surface area contributed by atoms with Crippen LogP contribution in [-0.4, -0.2) is 48.9 Å². The fourth-order valence-electron chi connectivity index (χ4n) is 3.10. The number of benzene rings is 2.